The molecule has 24 heavy (non-hydrogen) atoms. The average molecular weight is 329 g/mol. The molecule has 0 N–H and O–H groups in total. The largest absolute Gasteiger partial charge is 0.468 e. The summed E-state index contributed by atoms with van der Waals surface area (Å²) in [5.41, 5.74) is 0.811. The van der Waals surface area contributed by atoms with Gasteiger partial charge in [0.05, 0.1) is 51.1 Å². The summed E-state index contributed by atoms with van der Waals surface area (Å²) in [5, 5.41) is 0. The molecule has 4 heterocycles. The monoisotopic (exact) mass is 329 g/mol. The molecule has 0 saturated carbocycles. The molecular formula is C18H23N3O3. The fourth-order valence-corrected chi connectivity index (χ4v) is 3.53. The first-order chi connectivity index (χ1) is 11.8. The Morgan fingerprint density at radius 3 is 2.96 bits per heavy atom. The van der Waals surface area contributed by atoms with Gasteiger partial charge in [0, 0.05) is 25.8 Å². The van der Waals surface area contributed by atoms with E-state index in [9.17, 15) is 0 Å². The molecule has 2 aliphatic heterocycles. The molecule has 0 aromatic carbocycles. The summed E-state index contributed by atoms with van der Waals surface area (Å²) in [7, 11) is 0. The fourth-order valence-electron chi connectivity index (χ4n) is 3.53. The van der Waals surface area contributed by atoms with Gasteiger partial charge in [0.25, 0.3) is 0 Å². The van der Waals surface area contributed by atoms with E-state index in [4.69, 9.17) is 13.9 Å². The van der Waals surface area contributed by atoms with Crippen LogP contribution in [0.5, 0.6) is 0 Å². The SMILES string of the molecule is c1cncc(N2CCOCC3(CN(Cc4ccco4)CCO3)C2)c1. The summed E-state index contributed by atoms with van der Waals surface area (Å²) in [6, 6.07) is 8.02. The minimum Gasteiger partial charge on any atom is -0.468 e. The van der Waals surface area contributed by atoms with Gasteiger partial charge in [0.1, 0.15) is 11.4 Å². The lowest BCUT2D eigenvalue weighted by atomic mass is 10.0. The first-order valence-corrected chi connectivity index (χ1v) is 8.44. The van der Waals surface area contributed by atoms with Crippen LogP contribution >= 0.6 is 0 Å². The molecule has 2 aliphatic rings. The van der Waals surface area contributed by atoms with E-state index in [1.807, 2.05) is 24.4 Å². The number of nitrogens with zero attached hydrogens (tertiary/aromatic N) is 3. The summed E-state index contributed by atoms with van der Waals surface area (Å²) >= 11 is 0. The van der Waals surface area contributed by atoms with Crippen LogP contribution in [-0.4, -0.2) is 61.5 Å². The van der Waals surface area contributed by atoms with Crippen LogP contribution in [0.2, 0.25) is 0 Å². The van der Waals surface area contributed by atoms with E-state index >= 15 is 0 Å². The van der Waals surface area contributed by atoms with Crippen LogP contribution < -0.4 is 4.90 Å². The van der Waals surface area contributed by atoms with Crippen molar-refractivity contribution in [3.05, 3.63) is 48.7 Å². The Morgan fingerprint density at radius 1 is 1.12 bits per heavy atom. The third-order valence-corrected chi connectivity index (χ3v) is 4.65. The lowest BCUT2D eigenvalue weighted by Gasteiger charge is -2.43. The smallest absolute Gasteiger partial charge is 0.121 e. The molecule has 6 nitrogen and oxygen atoms in total. The van der Waals surface area contributed by atoms with Gasteiger partial charge in [0.15, 0.2) is 0 Å². The second-order valence-corrected chi connectivity index (χ2v) is 6.51. The first kappa shape index (κ1) is 15.6. The third kappa shape index (κ3) is 3.45. The number of hydrogen-bond acceptors (Lipinski definition) is 6. The molecule has 6 heteroatoms. The van der Waals surface area contributed by atoms with Crippen molar-refractivity contribution >= 4 is 5.69 Å². The van der Waals surface area contributed by atoms with Gasteiger partial charge in [-0.15, -0.1) is 0 Å². The van der Waals surface area contributed by atoms with Crippen LogP contribution in [0, 0.1) is 0 Å². The van der Waals surface area contributed by atoms with Gasteiger partial charge in [-0.1, -0.05) is 0 Å². The normalized spacial score (nSPS) is 25.8. The highest BCUT2D eigenvalue weighted by Crippen LogP contribution is 2.26. The van der Waals surface area contributed by atoms with E-state index < -0.39 is 0 Å². The molecule has 0 aliphatic carbocycles. The van der Waals surface area contributed by atoms with Gasteiger partial charge in [-0.2, -0.15) is 0 Å². The number of morpholine rings is 1. The van der Waals surface area contributed by atoms with Gasteiger partial charge >= 0.3 is 0 Å². The van der Waals surface area contributed by atoms with Crippen molar-refractivity contribution in [1.29, 1.82) is 0 Å². The number of aromatic nitrogens is 1. The number of pyridine rings is 1. The summed E-state index contributed by atoms with van der Waals surface area (Å²) < 4.78 is 17.6. The van der Waals surface area contributed by atoms with Crippen molar-refractivity contribution in [2.75, 3.05) is 50.9 Å². The number of anilines is 1. The molecule has 0 amide bonds. The van der Waals surface area contributed by atoms with E-state index in [0.29, 0.717) is 19.8 Å². The van der Waals surface area contributed by atoms with Crippen molar-refractivity contribution in [2.45, 2.75) is 12.1 Å². The molecule has 2 fully saturated rings. The van der Waals surface area contributed by atoms with E-state index in [1.54, 1.807) is 12.5 Å². The van der Waals surface area contributed by atoms with Crippen LogP contribution in [0.4, 0.5) is 5.69 Å². The Kier molecular flexibility index (Phi) is 4.51. The van der Waals surface area contributed by atoms with Gasteiger partial charge in [-0.3, -0.25) is 9.88 Å². The second kappa shape index (κ2) is 6.93. The summed E-state index contributed by atoms with van der Waals surface area (Å²) in [6.07, 6.45) is 5.43. The maximum Gasteiger partial charge on any atom is 0.121 e. The molecular weight excluding hydrogens is 306 g/mol. The van der Waals surface area contributed by atoms with Crippen molar-refractivity contribution in [3.8, 4) is 0 Å². The summed E-state index contributed by atoms with van der Waals surface area (Å²) in [4.78, 5) is 8.95. The summed E-state index contributed by atoms with van der Waals surface area (Å²) in [5.74, 6) is 0.991. The zero-order valence-electron chi connectivity index (χ0n) is 13.8. The molecule has 2 aromatic heterocycles. The van der Waals surface area contributed by atoms with Crippen LogP contribution in [0.3, 0.4) is 0 Å². The maximum atomic E-state index is 6.23. The molecule has 0 bridgehead atoms. The predicted molar refractivity (Wildman–Crippen MR) is 89.9 cm³/mol. The highest BCUT2D eigenvalue weighted by Gasteiger charge is 2.40. The molecule has 1 spiro atoms. The van der Waals surface area contributed by atoms with Gasteiger partial charge < -0.3 is 18.8 Å². The second-order valence-electron chi connectivity index (χ2n) is 6.51. The Balaban J connectivity index is 1.49. The molecule has 2 saturated heterocycles. The zero-order valence-corrected chi connectivity index (χ0v) is 13.8. The number of hydrogen-bond donors (Lipinski definition) is 0. The van der Waals surface area contributed by atoms with E-state index in [-0.39, 0.29) is 5.60 Å². The molecule has 2 aromatic rings. The van der Waals surface area contributed by atoms with E-state index in [0.717, 1.165) is 44.2 Å². The zero-order chi connectivity index (χ0) is 16.2. The van der Waals surface area contributed by atoms with Crippen LogP contribution in [-0.2, 0) is 16.0 Å². The minimum absolute atomic E-state index is 0.308. The van der Waals surface area contributed by atoms with Crippen LogP contribution in [0.15, 0.2) is 47.3 Å². The van der Waals surface area contributed by atoms with E-state index in [2.05, 4.69) is 20.9 Å². The van der Waals surface area contributed by atoms with Crippen molar-refractivity contribution in [3.63, 3.8) is 0 Å². The average Bonchev–Trinajstić information content (AvgIpc) is 3.03. The lowest BCUT2D eigenvalue weighted by molar-refractivity contribution is -0.134. The fraction of sp³-hybridized carbons (Fsp3) is 0.500. The highest BCUT2D eigenvalue weighted by atomic mass is 16.5. The van der Waals surface area contributed by atoms with Gasteiger partial charge in [-0.05, 0) is 24.3 Å². The Labute approximate surface area is 142 Å². The Hall–Kier alpha value is -1.89. The number of rotatable bonds is 3. The van der Waals surface area contributed by atoms with Crippen LogP contribution in [0.1, 0.15) is 5.76 Å². The van der Waals surface area contributed by atoms with E-state index in [1.165, 1.54) is 0 Å². The highest BCUT2D eigenvalue weighted by molar-refractivity contribution is 5.44. The number of ether oxygens (including phenoxy) is 2. The third-order valence-electron chi connectivity index (χ3n) is 4.65. The minimum atomic E-state index is -0.308. The molecule has 4 rings (SSSR count). The van der Waals surface area contributed by atoms with Crippen molar-refractivity contribution in [1.82, 2.24) is 9.88 Å². The lowest BCUT2D eigenvalue weighted by Crippen LogP contribution is -2.58. The summed E-state index contributed by atoms with van der Waals surface area (Å²) in [6.45, 7) is 6.27. The standard InChI is InChI=1S/C18H23N3O3/c1-3-16(11-19-5-1)21-7-9-22-15-18(14-21)13-20(6-10-24-18)12-17-4-2-8-23-17/h1-5,8,11H,6-7,9-10,12-15H2. The maximum absolute atomic E-state index is 6.23. The molecule has 1 unspecified atom stereocenters. The Morgan fingerprint density at radius 2 is 2.12 bits per heavy atom. The quantitative estimate of drug-likeness (QED) is 0.856. The van der Waals surface area contributed by atoms with Crippen molar-refractivity contribution in [2.24, 2.45) is 0 Å². The topological polar surface area (TPSA) is 51.0 Å². The number of furan rings is 1. The molecule has 1 atom stereocenters. The van der Waals surface area contributed by atoms with Crippen LogP contribution in [0.25, 0.3) is 0 Å². The molecule has 0 radical (unpaired) electrons. The Bertz CT molecular complexity index is 634. The molecule has 128 valence electrons. The van der Waals surface area contributed by atoms with Gasteiger partial charge in [0.2, 0.25) is 0 Å². The van der Waals surface area contributed by atoms with Crippen molar-refractivity contribution < 1.29 is 13.9 Å². The first-order valence-electron chi connectivity index (χ1n) is 8.44. The predicted octanol–water partition coefficient (Wildman–Crippen LogP) is 1.78. The van der Waals surface area contributed by atoms with Gasteiger partial charge in [-0.25, -0.2) is 0 Å².